The number of aliphatic hydroxyl groups excluding tert-OH is 2. The number of β-amino-alcohol motifs (C(OH)–C–C–N with tert-alkyl or cyclic N) is 2. The van der Waals surface area contributed by atoms with E-state index in [2.05, 4.69) is 12.2 Å². The summed E-state index contributed by atoms with van der Waals surface area (Å²) in [4.78, 5) is 13.7. The van der Waals surface area contributed by atoms with Crippen LogP contribution in [0.5, 0.6) is 0 Å². The van der Waals surface area contributed by atoms with Gasteiger partial charge >= 0.3 is 0 Å². The molecule has 104 valence electrons. The number of hydrogen-bond donors (Lipinski definition) is 3. The minimum absolute atomic E-state index is 0.00931. The third kappa shape index (κ3) is 3.43. The number of carbonyl (C=O) groups is 1. The zero-order chi connectivity index (χ0) is 13.1. The van der Waals surface area contributed by atoms with Gasteiger partial charge in [0.1, 0.15) is 0 Å². The predicted octanol–water partition coefficient (Wildman–Crippen LogP) is -0.281. The largest absolute Gasteiger partial charge is 0.389 e. The lowest BCUT2D eigenvalue weighted by Gasteiger charge is -2.30. The van der Waals surface area contributed by atoms with Gasteiger partial charge in [-0.05, 0) is 18.8 Å². The molecule has 0 spiro atoms. The Hall–Kier alpha value is -0.650. The van der Waals surface area contributed by atoms with Crippen molar-refractivity contribution < 1.29 is 15.0 Å². The first kappa shape index (κ1) is 13.8. The van der Waals surface area contributed by atoms with Gasteiger partial charge in [-0.3, -0.25) is 9.69 Å². The van der Waals surface area contributed by atoms with Crippen molar-refractivity contribution in [3.8, 4) is 0 Å². The maximum atomic E-state index is 11.9. The summed E-state index contributed by atoms with van der Waals surface area (Å²) in [5.74, 6) is 0.563. The van der Waals surface area contributed by atoms with Gasteiger partial charge in [0.2, 0.25) is 5.91 Å². The number of hydrogen-bond acceptors (Lipinski definition) is 4. The Morgan fingerprint density at radius 3 is 2.44 bits per heavy atom. The van der Waals surface area contributed by atoms with Crippen molar-refractivity contribution in [2.45, 2.75) is 50.9 Å². The molecule has 1 saturated carbocycles. The second kappa shape index (κ2) is 5.99. The second-order valence-electron chi connectivity index (χ2n) is 5.76. The third-order valence-electron chi connectivity index (χ3n) is 4.16. The number of carbonyl (C=O) groups excluding carboxylic acids is 1. The number of amides is 1. The van der Waals surface area contributed by atoms with Gasteiger partial charge in [-0.15, -0.1) is 0 Å². The summed E-state index contributed by atoms with van der Waals surface area (Å²) in [6.45, 7) is 3.23. The van der Waals surface area contributed by atoms with Crippen molar-refractivity contribution >= 4 is 5.91 Å². The SMILES string of the molecule is CC1CCCCC1NC(=O)CN1CC(O)C(O)C1. The highest BCUT2D eigenvalue weighted by Crippen LogP contribution is 2.23. The fourth-order valence-corrected chi connectivity index (χ4v) is 2.96. The first-order chi connectivity index (χ1) is 8.56. The number of nitrogens with zero attached hydrogens (tertiary/aromatic N) is 1. The van der Waals surface area contributed by atoms with E-state index < -0.39 is 12.2 Å². The molecule has 4 unspecified atom stereocenters. The number of aliphatic hydroxyl groups is 2. The van der Waals surface area contributed by atoms with E-state index in [1.807, 2.05) is 0 Å². The summed E-state index contributed by atoms with van der Waals surface area (Å²) >= 11 is 0. The van der Waals surface area contributed by atoms with Crippen LogP contribution in [0.1, 0.15) is 32.6 Å². The summed E-state index contributed by atoms with van der Waals surface area (Å²) in [7, 11) is 0. The van der Waals surface area contributed by atoms with Gasteiger partial charge in [-0.25, -0.2) is 0 Å². The lowest BCUT2D eigenvalue weighted by molar-refractivity contribution is -0.123. The summed E-state index contributed by atoms with van der Waals surface area (Å²) in [6, 6.07) is 0.295. The van der Waals surface area contributed by atoms with Crippen LogP contribution < -0.4 is 5.32 Å². The van der Waals surface area contributed by atoms with E-state index in [4.69, 9.17) is 0 Å². The van der Waals surface area contributed by atoms with Crippen LogP contribution in [0, 0.1) is 5.92 Å². The van der Waals surface area contributed by atoms with E-state index in [9.17, 15) is 15.0 Å². The molecule has 2 rings (SSSR count). The van der Waals surface area contributed by atoms with Crippen molar-refractivity contribution in [3.05, 3.63) is 0 Å². The molecule has 0 radical (unpaired) electrons. The Morgan fingerprint density at radius 1 is 1.22 bits per heavy atom. The van der Waals surface area contributed by atoms with Crippen molar-refractivity contribution in [3.63, 3.8) is 0 Å². The van der Waals surface area contributed by atoms with E-state index in [0.29, 0.717) is 25.0 Å². The Morgan fingerprint density at radius 2 is 1.83 bits per heavy atom. The fraction of sp³-hybridized carbons (Fsp3) is 0.923. The zero-order valence-corrected chi connectivity index (χ0v) is 11.0. The Labute approximate surface area is 108 Å². The predicted molar refractivity (Wildman–Crippen MR) is 68.0 cm³/mol. The van der Waals surface area contributed by atoms with E-state index in [1.165, 1.54) is 19.3 Å². The standard InChI is InChI=1S/C13H24N2O3/c1-9-4-2-3-5-10(9)14-13(18)8-15-6-11(16)12(17)7-15/h9-12,16-17H,2-8H2,1H3,(H,14,18). The summed E-state index contributed by atoms with van der Waals surface area (Å²) < 4.78 is 0. The van der Waals surface area contributed by atoms with E-state index >= 15 is 0 Å². The molecule has 2 aliphatic rings. The minimum Gasteiger partial charge on any atom is -0.389 e. The van der Waals surface area contributed by atoms with Crippen LogP contribution in [-0.4, -0.2) is 58.9 Å². The van der Waals surface area contributed by atoms with Crippen LogP contribution in [0.4, 0.5) is 0 Å². The van der Waals surface area contributed by atoms with Crippen LogP contribution >= 0.6 is 0 Å². The minimum atomic E-state index is -0.716. The summed E-state index contributed by atoms with van der Waals surface area (Å²) in [5, 5.41) is 21.9. The molecule has 0 aromatic rings. The zero-order valence-electron chi connectivity index (χ0n) is 11.0. The Balaban J connectivity index is 1.75. The molecule has 4 atom stereocenters. The molecule has 1 amide bonds. The maximum Gasteiger partial charge on any atom is 0.234 e. The molecule has 1 heterocycles. The lowest BCUT2D eigenvalue weighted by Crippen LogP contribution is -2.45. The van der Waals surface area contributed by atoms with Gasteiger partial charge in [0.05, 0.1) is 18.8 Å². The van der Waals surface area contributed by atoms with E-state index in [-0.39, 0.29) is 12.5 Å². The Kier molecular flexibility index (Phi) is 4.59. The van der Waals surface area contributed by atoms with Crippen LogP contribution in [0.15, 0.2) is 0 Å². The van der Waals surface area contributed by atoms with Gasteiger partial charge in [0.25, 0.3) is 0 Å². The molecule has 5 nitrogen and oxygen atoms in total. The summed E-state index contributed by atoms with van der Waals surface area (Å²) in [6.07, 6.45) is 3.27. The molecule has 3 N–H and O–H groups in total. The van der Waals surface area contributed by atoms with Crippen LogP contribution in [0.3, 0.4) is 0 Å². The average molecular weight is 256 g/mol. The summed E-state index contributed by atoms with van der Waals surface area (Å²) in [5.41, 5.74) is 0. The fourth-order valence-electron chi connectivity index (χ4n) is 2.96. The molecule has 1 saturated heterocycles. The first-order valence-corrected chi connectivity index (χ1v) is 6.94. The van der Waals surface area contributed by atoms with Crippen LogP contribution in [0.2, 0.25) is 0 Å². The number of rotatable bonds is 3. The molecule has 0 aromatic heterocycles. The smallest absolute Gasteiger partial charge is 0.234 e. The monoisotopic (exact) mass is 256 g/mol. The van der Waals surface area contributed by atoms with Crippen LogP contribution in [-0.2, 0) is 4.79 Å². The quantitative estimate of drug-likeness (QED) is 0.649. The molecule has 5 heteroatoms. The number of likely N-dealkylation sites (tertiary alicyclic amines) is 1. The molecule has 2 fully saturated rings. The molecular formula is C13H24N2O3. The molecular weight excluding hydrogens is 232 g/mol. The number of nitrogens with one attached hydrogen (secondary N) is 1. The van der Waals surface area contributed by atoms with Crippen LogP contribution in [0.25, 0.3) is 0 Å². The first-order valence-electron chi connectivity index (χ1n) is 6.94. The van der Waals surface area contributed by atoms with Gasteiger partial charge in [-0.2, -0.15) is 0 Å². The average Bonchev–Trinajstić information content (AvgIpc) is 2.61. The van der Waals surface area contributed by atoms with Crippen molar-refractivity contribution in [2.75, 3.05) is 19.6 Å². The Bertz CT molecular complexity index is 288. The normalized spacial score (nSPS) is 37.7. The van der Waals surface area contributed by atoms with E-state index in [1.54, 1.807) is 4.90 Å². The van der Waals surface area contributed by atoms with Crippen molar-refractivity contribution in [2.24, 2.45) is 5.92 Å². The van der Waals surface area contributed by atoms with Gasteiger partial charge < -0.3 is 15.5 Å². The topological polar surface area (TPSA) is 72.8 Å². The highest BCUT2D eigenvalue weighted by molar-refractivity contribution is 5.78. The molecule has 0 bridgehead atoms. The van der Waals surface area contributed by atoms with Gasteiger partial charge in [0.15, 0.2) is 0 Å². The van der Waals surface area contributed by atoms with Crippen molar-refractivity contribution in [1.82, 2.24) is 10.2 Å². The van der Waals surface area contributed by atoms with Crippen molar-refractivity contribution in [1.29, 1.82) is 0 Å². The highest BCUT2D eigenvalue weighted by atomic mass is 16.3. The lowest BCUT2D eigenvalue weighted by atomic mass is 9.86. The molecule has 1 aliphatic carbocycles. The highest BCUT2D eigenvalue weighted by Gasteiger charge is 2.31. The van der Waals surface area contributed by atoms with Gasteiger partial charge in [0, 0.05) is 19.1 Å². The maximum absolute atomic E-state index is 11.9. The second-order valence-corrected chi connectivity index (χ2v) is 5.76. The van der Waals surface area contributed by atoms with E-state index in [0.717, 1.165) is 6.42 Å². The molecule has 1 aliphatic heterocycles. The third-order valence-corrected chi connectivity index (χ3v) is 4.16. The van der Waals surface area contributed by atoms with Gasteiger partial charge in [-0.1, -0.05) is 19.8 Å². The molecule has 18 heavy (non-hydrogen) atoms. The molecule has 0 aromatic carbocycles.